The molecule has 0 spiro atoms. The molecule has 1 amide bonds. The molecule has 8 nitrogen and oxygen atoms in total. The predicted molar refractivity (Wildman–Crippen MR) is 155 cm³/mol. The van der Waals surface area contributed by atoms with Crippen LogP contribution in [-0.4, -0.2) is 49.9 Å². The molecule has 0 radical (unpaired) electrons. The molecule has 3 aromatic carbocycles. The normalized spacial score (nSPS) is 11.5. The Morgan fingerprint density at radius 2 is 1.77 bits per heavy atom. The third-order valence-corrected chi connectivity index (χ3v) is 8.03. The fraction of sp³-hybridized carbons (Fsp3) is 0.241. The van der Waals surface area contributed by atoms with Crippen molar-refractivity contribution in [1.29, 1.82) is 0 Å². The van der Waals surface area contributed by atoms with Gasteiger partial charge in [0.2, 0.25) is 15.9 Å². The van der Waals surface area contributed by atoms with Crippen molar-refractivity contribution >= 4 is 44.1 Å². The Bertz CT molecular complexity index is 1500. The van der Waals surface area contributed by atoms with Crippen molar-refractivity contribution < 1.29 is 17.9 Å². The predicted octanol–water partition coefficient (Wildman–Crippen LogP) is 5.10. The first-order chi connectivity index (χ1) is 18.9. The smallest absolute Gasteiger partial charge is 0.243 e. The summed E-state index contributed by atoms with van der Waals surface area (Å²) >= 11 is 6.06. The highest BCUT2D eigenvalue weighted by Gasteiger charge is 2.27. The number of carbonyl (C=O) groups excluding carboxylic acids is 1. The lowest BCUT2D eigenvalue weighted by Gasteiger charge is -2.22. The van der Waals surface area contributed by atoms with Crippen molar-refractivity contribution in [3.8, 4) is 5.75 Å². The number of anilines is 1. The first-order valence-electron chi connectivity index (χ1n) is 12.7. The van der Waals surface area contributed by atoms with Crippen LogP contribution in [-0.2, 0) is 21.4 Å². The van der Waals surface area contributed by atoms with Gasteiger partial charge in [-0.05, 0) is 67.4 Å². The molecule has 1 aromatic heterocycles. The minimum Gasteiger partial charge on any atom is -0.494 e. The first-order valence-corrected chi connectivity index (χ1v) is 14.5. The van der Waals surface area contributed by atoms with Gasteiger partial charge in [0.05, 0.1) is 23.6 Å². The molecular formula is C29H31ClN4O4S. The van der Waals surface area contributed by atoms with Gasteiger partial charge in [-0.1, -0.05) is 41.9 Å². The first kappa shape index (κ1) is 28.4. The molecule has 2 N–H and O–H groups in total. The second kappa shape index (κ2) is 13.4. The van der Waals surface area contributed by atoms with Crippen LogP contribution in [0.1, 0.15) is 18.9 Å². The third kappa shape index (κ3) is 7.69. The van der Waals surface area contributed by atoms with Crippen molar-refractivity contribution in [3.63, 3.8) is 0 Å². The van der Waals surface area contributed by atoms with E-state index in [1.54, 1.807) is 18.3 Å². The van der Waals surface area contributed by atoms with Crippen molar-refractivity contribution in [2.45, 2.75) is 24.8 Å². The molecule has 4 rings (SSSR count). The minimum absolute atomic E-state index is 0.0739. The van der Waals surface area contributed by atoms with E-state index in [0.29, 0.717) is 36.9 Å². The number of ether oxygens (including phenoxy) is 1. The summed E-state index contributed by atoms with van der Waals surface area (Å²) in [5.74, 6) is 0.213. The van der Waals surface area contributed by atoms with E-state index in [-0.39, 0.29) is 23.9 Å². The molecule has 0 aliphatic carbocycles. The van der Waals surface area contributed by atoms with Crippen LogP contribution in [0.5, 0.6) is 5.75 Å². The summed E-state index contributed by atoms with van der Waals surface area (Å²) in [6.45, 7) is 3.12. The second-order valence-corrected chi connectivity index (χ2v) is 11.2. The number of halogens is 1. The Morgan fingerprint density at radius 3 is 2.51 bits per heavy atom. The molecule has 0 aliphatic heterocycles. The number of hydrogen-bond donors (Lipinski definition) is 2. The fourth-order valence-corrected chi connectivity index (χ4v) is 5.62. The van der Waals surface area contributed by atoms with Crippen LogP contribution in [0.2, 0.25) is 5.02 Å². The molecule has 0 aliphatic rings. The number of sulfonamides is 1. The van der Waals surface area contributed by atoms with Gasteiger partial charge in [-0.2, -0.15) is 4.31 Å². The number of amides is 1. The maximum Gasteiger partial charge on any atom is 0.243 e. The number of rotatable bonds is 13. The van der Waals surface area contributed by atoms with E-state index in [4.69, 9.17) is 16.3 Å². The lowest BCUT2D eigenvalue weighted by atomic mass is 10.2. The Labute approximate surface area is 234 Å². The molecule has 0 saturated heterocycles. The van der Waals surface area contributed by atoms with E-state index in [1.165, 1.54) is 16.4 Å². The van der Waals surface area contributed by atoms with Crippen molar-refractivity contribution in [3.05, 3.63) is 95.6 Å². The summed E-state index contributed by atoms with van der Waals surface area (Å²) in [5, 5.41) is 7.79. The summed E-state index contributed by atoms with van der Waals surface area (Å²) in [7, 11) is -3.93. The number of benzene rings is 3. The van der Waals surface area contributed by atoms with E-state index in [1.807, 2.05) is 61.5 Å². The van der Waals surface area contributed by atoms with Gasteiger partial charge in [0.25, 0.3) is 0 Å². The monoisotopic (exact) mass is 566 g/mol. The second-order valence-electron chi connectivity index (χ2n) is 8.81. The van der Waals surface area contributed by atoms with Crippen LogP contribution in [0, 0.1) is 0 Å². The summed E-state index contributed by atoms with van der Waals surface area (Å²) in [5.41, 5.74) is 2.52. The fourth-order valence-electron chi connectivity index (χ4n) is 4.07. The van der Waals surface area contributed by atoms with E-state index >= 15 is 0 Å². The average molecular weight is 567 g/mol. The zero-order valence-corrected chi connectivity index (χ0v) is 23.2. The van der Waals surface area contributed by atoms with Gasteiger partial charge in [-0.15, -0.1) is 0 Å². The molecule has 1 heterocycles. The number of carbonyl (C=O) groups is 1. The standard InChI is InChI=1S/C29H31ClN4O4S/c1-2-38-24-10-12-25(13-11-24)39(36,37)34(20-22-7-4-3-5-8-22)21-29(35)33-17-6-16-31-27-15-18-32-28-19-23(30)9-14-26(27)28/h3-5,7-15,18-19H,2,6,16-17,20-21H2,1H3,(H,31,32)(H,33,35). The molecule has 0 bridgehead atoms. The van der Waals surface area contributed by atoms with Crippen LogP contribution >= 0.6 is 11.6 Å². The summed E-state index contributed by atoms with van der Waals surface area (Å²) < 4.78 is 33.6. The summed E-state index contributed by atoms with van der Waals surface area (Å²) in [6, 6.07) is 22.9. The van der Waals surface area contributed by atoms with Crippen molar-refractivity contribution in [2.75, 3.05) is 31.6 Å². The maximum atomic E-state index is 13.5. The quantitative estimate of drug-likeness (QED) is 0.218. The van der Waals surface area contributed by atoms with Crippen LogP contribution in [0.3, 0.4) is 0 Å². The van der Waals surface area contributed by atoms with E-state index in [9.17, 15) is 13.2 Å². The van der Waals surface area contributed by atoms with Gasteiger partial charge < -0.3 is 15.4 Å². The number of nitrogens with zero attached hydrogens (tertiary/aromatic N) is 2. The lowest BCUT2D eigenvalue weighted by molar-refractivity contribution is -0.121. The molecule has 0 saturated carbocycles. The number of hydrogen-bond acceptors (Lipinski definition) is 6. The van der Waals surface area contributed by atoms with Gasteiger partial charge >= 0.3 is 0 Å². The van der Waals surface area contributed by atoms with Crippen LogP contribution in [0.15, 0.2) is 90.0 Å². The zero-order chi connectivity index (χ0) is 27.7. The number of nitrogens with one attached hydrogen (secondary N) is 2. The molecule has 0 fully saturated rings. The van der Waals surface area contributed by atoms with Gasteiger partial charge in [0.15, 0.2) is 0 Å². The topological polar surface area (TPSA) is 101 Å². The zero-order valence-electron chi connectivity index (χ0n) is 21.6. The Balaban J connectivity index is 1.36. The van der Waals surface area contributed by atoms with Crippen LogP contribution in [0.25, 0.3) is 10.9 Å². The Kier molecular flexibility index (Phi) is 9.75. The summed E-state index contributed by atoms with van der Waals surface area (Å²) in [6.07, 6.45) is 2.36. The maximum absolute atomic E-state index is 13.5. The van der Waals surface area contributed by atoms with E-state index in [0.717, 1.165) is 22.2 Å². The van der Waals surface area contributed by atoms with Gasteiger partial charge in [-0.25, -0.2) is 8.42 Å². The molecule has 39 heavy (non-hydrogen) atoms. The highest BCUT2D eigenvalue weighted by atomic mass is 35.5. The summed E-state index contributed by atoms with van der Waals surface area (Å²) in [4.78, 5) is 17.3. The van der Waals surface area contributed by atoms with Gasteiger partial charge in [0.1, 0.15) is 5.75 Å². The average Bonchev–Trinajstić information content (AvgIpc) is 2.93. The molecule has 10 heteroatoms. The lowest BCUT2D eigenvalue weighted by Crippen LogP contribution is -2.40. The minimum atomic E-state index is -3.93. The SMILES string of the molecule is CCOc1ccc(S(=O)(=O)N(CC(=O)NCCCNc2ccnc3cc(Cl)ccc23)Cc2ccccc2)cc1. The van der Waals surface area contributed by atoms with E-state index in [2.05, 4.69) is 15.6 Å². The van der Waals surface area contributed by atoms with Crippen molar-refractivity contribution in [2.24, 2.45) is 0 Å². The highest BCUT2D eigenvalue weighted by molar-refractivity contribution is 7.89. The third-order valence-electron chi connectivity index (χ3n) is 5.99. The molecule has 4 aromatic rings. The van der Waals surface area contributed by atoms with E-state index < -0.39 is 10.0 Å². The van der Waals surface area contributed by atoms with Crippen LogP contribution in [0.4, 0.5) is 5.69 Å². The molecular weight excluding hydrogens is 536 g/mol. The van der Waals surface area contributed by atoms with Crippen LogP contribution < -0.4 is 15.4 Å². The number of aromatic nitrogens is 1. The number of fused-ring (bicyclic) bond motifs is 1. The Hall–Kier alpha value is -3.66. The largest absolute Gasteiger partial charge is 0.494 e. The highest BCUT2D eigenvalue weighted by Crippen LogP contribution is 2.24. The number of pyridine rings is 1. The molecule has 204 valence electrons. The van der Waals surface area contributed by atoms with Gasteiger partial charge in [0, 0.05) is 41.9 Å². The van der Waals surface area contributed by atoms with Gasteiger partial charge in [-0.3, -0.25) is 9.78 Å². The van der Waals surface area contributed by atoms with Crippen molar-refractivity contribution in [1.82, 2.24) is 14.6 Å². The molecule has 0 atom stereocenters. The Morgan fingerprint density at radius 1 is 1.00 bits per heavy atom. The molecule has 0 unspecified atom stereocenters.